The second kappa shape index (κ2) is 7.97. The third kappa shape index (κ3) is 3.42. The van der Waals surface area contributed by atoms with Crippen molar-refractivity contribution in [1.82, 2.24) is 0 Å². The van der Waals surface area contributed by atoms with Crippen molar-refractivity contribution in [3.05, 3.63) is 46.3 Å². The van der Waals surface area contributed by atoms with E-state index in [1.165, 1.54) is 21.1 Å². The molecule has 8 heteroatoms. The van der Waals surface area contributed by atoms with Crippen LogP contribution in [-0.4, -0.2) is 29.1 Å². The number of thiophene rings is 1. The Balaban J connectivity index is 1.62. The molecule has 4 rings (SSSR count). The molecule has 6 nitrogen and oxygen atoms in total. The van der Waals surface area contributed by atoms with E-state index in [9.17, 15) is 14.4 Å². The highest BCUT2D eigenvalue weighted by molar-refractivity contribution is 8.16. The lowest BCUT2D eigenvalue weighted by molar-refractivity contribution is -0.116. The number of rotatable bonds is 5. The van der Waals surface area contributed by atoms with Gasteiger partial charge < -0.3 is 10.1 Å². The molecule has 0 bridgehead atoms. The molecule has 1 aliphatic heterocycles. The zero-order valence-corrected chi connectivity index (χ0v) is 17.0. The number of esters is 1. The summed E-state index contributed by atoms with van der Waals surface area (Å²) in [5.74, 6) is -0.700. The minimum absolute atomic E-state index is 0.292. The van der Waals surface area contributed by atoms with E-state index in [1.54, 1.807) is 31.2 Å². The SMILES string of the molecule is CCOC(=O)c1c(NC2SC(=O)N(c3ccccc3)C2=O)sc2c1CCCC2. The van der Waals surface area contributed by atoms with E-state index in [2.05, 4.69) is 5.32 Å². The number of amides is 2. The van der Waals surface area contributed by atoms with Gasteiger partial charge in [0.25, 0.3) is 11.1 Å². The molecule has 1 unspecified atom stereocenters. The Morgan fingerprint density at radius 3 is 2.71 bits per heavy atom. The Labute approximate surface area is 171 Å². The number of para-hydroxylation sites is 1. The highest BCUT2D eigenvalue weighted by atomic mass is 32.2. The number of carbonyl (C=O) groups is 3. The average Bonchev–Trinajstić information content (AvgIpc) is 3.19. The largest absolute Gasteiger partial charge is 0.462 e. The highest BCUT2D eigenvalue weighted by Crippen LogP contribution is 2.41. The van der Waals surface area contributed by atoms with Crippen molar-refractivity contribution in [1.29, 1.82) is 0 Å². The van der Waals surface area contributed by atoms with Crippen LogP contribution in [0.4, 0.5) is 15.5 Å². The van der Waals surface area contributed by atoms with Gasteiger partial charge in [-0.05, 0) is 62.1 Å². The Hall–Kier alpha value is -2.32. The van der Waals surface area contributed by atoms with Gasteiger partial charge in [-0.25, -0.2) is 9.69 Å². The normalized spacial score (nSPS) is 18.9. The third-order valence-electron chi connectivity index (χ3n) is 4.77. The van der Waals surface area contributed by atoms with Crippen molar-refractivity contribution in [2.75, 3.05) is 16.8 Å². The smallest absolute Gasteiger partial charge is 0.341 e. The van der Waals surface area contributed by atoms with E-state index in [4.69, 9.17) is 4.74 Å². The number of hydrogen-bond donors (Lipinski definition) is 1. The van der Waals surface area contributed by atoms with E-state index in [0.717, 1.165) is 43.0 Å². The molecule has 2 aromatic rings. The molecule has 1 fully saturated rings. The van der Waals surface area contributed by atoms with Crippen molar-refractivity contribution in [2.45, 2.75) is 38.0 Å². The number of ether oxygens (including phenoxy) is 1. The second-order valence-corrected chi connectivity index (χ2v) is 8.71. The summed E-state index contributed by atoms with van der Waals surface area (Å²) in [6.45, 7) is 2.07. The fraction of sp³-hybridized carbons (Fsp3) is 0.350. The molecule has 1 saturated heterocycles. The summed E-state index contributed by atoms with van der Waals surface area (Å²) in [7, 11) is 0. The fourth-order valence-corrected chi connectivity index (χ4v) is 5.78. The zero-order chi connectivity index (χ0) is 19.7. The van der Waals surface area contributed by atoms with Crippen LogP contribution >= 0.6 is 23.1 Å². The monoisotopic (exact) mass is 416 g/mol. The van der Waals surface area contributed by atoms with Crippen LogP contribution in [0, 0.1) is 0 Å². The topological polar surface area (TPSA) is 75.7 Å². The standard InChI is InChI=1S/C20H20N2O4S2/c1-2-26-19(24)15-13-10-6-7-11-14(13)27-16(15)21-17-18(23)22(20(25)28-17)12-8-4-3-5-9-12/h3-5,8-9,17,21H,2,6-7,10-11H2,1H3. The summed E-state index contributed by atoms with van der Waals surface area (Å²) in [5, 5.41) is 2.69. The lowest BCUT2D eigenvalue weighted by atomic mass is 9.95. The van der Waals surface area contributed by atoms with Gasteiger partial charge >= 0.3 is 5.97 Å². The second-order valence-electron chi connectivity index (χ2n) is 6.55. The van der Waals surface area contributed by atoms with Gasteiger partial charge in [0.1, 0.15) is 5.00 Å². The number of hydrogen-bond acceptors (Lipinski definition) is 7. The molecular weight excluding hydrogens is 396 g/mol. The minimum atomic E-state index is -0.763. The molecule has 0 radical (unpaired) electrons. The van der Waals surface area contributed by atoms with Crippen LogP contribution in [-0.2, 0) is 22.4 Å². The van der Waals surface area contributed by atoms with Gasteiger partial charge in [-0.1, -0.05) is 18.2 Å². The van der Waals surface area contributed by atoms with E-state index < -0.39 is 5.37 Å². The predicted molar refractivity (Wildman–Crippen MR) is 111 cm³/mol. The van der Waals surface area contributed by atoms with Crippen LogP contribution in [0.3, 0.4) is 0 Å². The fourth-order valence-electron chi connectivity index (χ4n) is 3.52. The van der Waals surface area contributed by atoms with Crippen LogP contribution in [0.25, 0.3) is 0 Å². The summed E-state index contributed by atoms with van der Waals surface area (Å²) < 4.78 is 5.25. The van der Waals surface area contributed by atoms with Gasteiger partial charge in [-0.2, -0.15) is 0 Å². The lowest BCUT2D eigenvalue weighted by Crippen LogP contribution is -2.34. The number of thioether (sulfide) groups is 1. The molecule has 1 aromatic carbocycles. The van der Waals surface area contributed by atoms with Crippen LogP contribution in [0.5, 0.6) is 0 Å². The molecule has 1 N–H and O–H groups in total. The minimum Gasteiger partial charge on any atom is -0.462 e. The number of anilines is 2. The molecule has 1 atom stereocenters. The van der Waals surface area contributed by atoms with Crippen molar-refractivity contribution in [2.24, 2.45) is 0 Å². The maximum Gasteiger partial charge on any atom is 0.341 e. The van der Waals surface area contributed by atoms with Crippen molar-refractivity contribution in [3.8, 4) is 0 Å². The quantitative estimate of drug-likeness (QED) is 0.726. The first kappa shape index (κ1) is 19.0. The average molecular weight is 417 g/mol. The van der Waals surface area contributed by atoms with Crippen LogP contribution < -0.4 is 10.2 Å². The molecule has 2 heterocycles. The molecule has 2 aliphatic rings. The molecule has 0 spiro atoms. The zero-order valence-electron chi connectivity index (χ0n) is 15.4. The predicted octanol–water partition coefficient (Wildman–Crippen LogP) is 4.44. The summed E-state index contributed by atoms with van der Waals surface area (Å²) in [4.78, 5) is 40.2. The molecule has 2 amide bonds. The van der Waals surface area contributed by atoms with E-state index in [1.807, 2.05) is 6.07 Å². The number of aryl methyl sites for hydroxylation is 1. The maximum atomic E-state index is 12.9. The maximum absolute atomic E-state index is 12.9. The molecule has 1 aliphatic carbocycles. The van der Waals surface area contributed by atoms with Gasteiger partial charge in [0.05, 0.1) is 17.9 Å². The van der Waals surface area contributed by atoms with E-state index in [-0.39, 0.29) is 17.1 Å². The number of nitrogens with zero attached hydrogens (tertiary/aromatic N) is 1. The van der Waals surface area contributed by atoms with Crippen molar-refractivity contribution in [3.63, 3.8) is 0 Å². The van der Waals surface area contributed by atoms with Gasteiger partial charge in [0.15, 0.2) is 5.37 Å². The summed E-state index contributed by atoms with van der Waals surface area (Å²) in [6, 6.07) is 8.86. The highest BCUT2D eigenvalue weighted by Gasteiger charge is 2.42. The van der Waals surface area contributed by atoms with Gasteiger partial charge in [0, 0.05) is 4.88 Å². The first-order valence-corrected chi connectivity index (χ1v) is 11.0. The van der Waals surface area contributed by atoms with E-state index >= 15 is 0 Å². The molecule has 28 heavy (non-hydrogen) atoms. The van der Waals surface area contributed by atoms with Gasteiger partial charge in [-0.3, -0.25) is 9.59 Å². The Morgan fingerprint density at radius 1 is 1.21 bits per heavy atom. The van der Waals surface area contributed by atoms with E-state index in [0.29, 0.717) is 22.9 Å². The first-order valence-electron chi connectivity index (χ1n) is 9.28. The number of benzene rings is 1. The summed E-state index contributed by atoms with van der Waals surface area (Å²) in [6.07, 6.45) is 3.89. The summed E-state index contributed by atoms with van der Waals surface area (Å²) in [5.41, 5.74) is 2.10. The Morgan fingerprint density at radius 2 is 1.96 bits per heavy atom. The summed E-state index contributed by atoms with van der Waals surface area (Å²) >= 11 is 2.43. The molecular formula is C20H20N2O4S2. The third-order valence-corrected chi connectivity index (χ3v) is 6.94. The number of nitrogens with one attached hydrogen (secondary N) is 1. The van der Waals surface area contributed by atoms with Gasteiger partial charge in [0.2, 0.25) is 0 Å². The van der Waals surface area contributed by atoms with Crippen molar-refractivity contribution >= 4 is 50.9 Å². The van der Waals surface area contributed by atoms with Crippen molar-refractivity contribution < 1.29 is 19.1 Å². The lowest BCUT2D eigenvalue weighted by Gasteiger charge is -2.15. The number of fused-ring (bicyclic) bond motifs is 1. The first-order chi connectivity index (χ1) is 13.6. The number of imide groups is 1. The van der Waals surface area contributed by atoms with Crippen LogP contribution in [0.2, 0.25) is 0 Å². The molecule has 1 aromatic heterocycles. The Bertz CT molecular complexity index is 926. The van der Waals surface area contributed by atoms with Crippen LogP contribution in [0.15, 0.2) is 30.3 Å². The van der Waals surface area contributed by atoms with Gasteiger partial charge in [-0.15, -0.1) is 11.3 Å². The number of carbonyl (C=O) groups excluding carboxylic acids is 3. The van der Waals surface area contributed by atoms with Crippen LogP contribution in [0.1, 0.15) is 40.6 Å². The molecule has 146 valence electrons. The Kier molecular flexibility index (Phi) is 5.41. The molecule has 0 saturated carbocycles.